The highest BCUT2D eigenvalue weighted by atomic mass is 35.5. The molecule has 122 valence electrons. The summed E-state index contributed by atoms with van der Waals surface area (Å²) in [6.45, 7) is 0.979. The lowest BCUT2D eigenvalue weighted by Gasteiger charge is -2.14. The second-order valence-electron chi connectivity index (χ2n) is 5.76. The number of halogens is 2. The van der Waals surface area contributed by atoms with Crippen LogP contribution in [0.5, 0.6) is 5.75 Å². The van der Waals surface area contributed by atoms with Gasteiger partial charge in [-0.2, -0.15) is 0 Å². The van der Waals surface area contributed by atoms with Crippen molar-refractivity contribution in [3.63, 3.8) is 0 Å². The van der Waals surface area contributed by atoms with Crippen molar-refractivity contribution < 1.29 is 13.9 Å². The fourth-order valence-electron chi connectivity index (χ4n) is 2.27. The number of hydrogen-bond donors (Lipinski definition) is 0. The van der Waals surface area contributed by atoms with Crippen LogP contribution >= 0.6 is 23.2 Å². The lowest BCUT2D eigenvalue weighted by atomic mass is 10.3. The molecule has 1 aliphatic carbocycles. The molecular formula is C17H17Cl2NO3. The third-order valence-corrected chi connectivity index (χ3v) is 4.24. The molecule has 1 aromatic carbocycles. The SMILES string of the molecule is CN(CC1CC1)C(=O)c1ccc(COc2ccc(Cl)cc2Cl)o1. The van der Waals surface area contributed by atoms with Crippen LogP contribution in [0.1, 0.15) is 29.2 Å². The van der Waals surface area contributed by atoms with Gasteiger partial charge in [0, 0.05) is 18.6 Å². The summed E-state index contributed by atoms with van der Waals surface area (Å²) < 4.78 is 11.2. The summed E-state index contributed by atoms with van der Waals surface area (Å²) in [5.74, 6) is 1.96. The maximum atomic E-state index is 12.2. The Bertz CT molecular complexity index is 710. The van der Waals surface area contributed by atoms with Crippen LogP contribution in [0.2, 0.25) is 10.0 Å². The molecule has 0 atom stereocenters. The van der Waals surface area contributed by atoms with Gasteiger partial charge in [0.1, 0.15) is 18.1 Å². The first-order valence-electron chi connectivity index (χ1n) is 7.45. The molecule has 1 saturated carbocycles. The minimum absolute atomic E-state index is 0.104. The Kier molecular flexibility index (Phi) is 4.83. The molecule has 23 heavy (non-hydrogen) atoms. The topological polar surface area (TPSA) is 42.7 Å². The summed E-state index contributed by atoms with van der Waals surface area (Å²) in [6.07, 6.45) is 2.41. The number of benzene rings is 1. The average molecular weight is 354 g/mol. The lowest BCUT2D eigenvalue weighted by molar-refractivity contribution is 0.0753. The number of rotatable bonds is 6. The molecule has 4 nitrogen and oxygen atoms in total. The van der Waals surface area contributed by atoms with E-state index in [0.29, 0.717) is 33.2 Å². The van der Waals surface area contributed by atoms with Crippen LogP contribution in [-0.2, 0) is 6.61 Å². The number of carbonyl (C=O) groups is 1. The number of ether oxygens (including phenoxy) is 1. The van der Waals surface area contributed by atoms with E-state index in [1.54, 1.807) is 42.3 Å². The molecule has 1 aromatic heterocycles. The quantitative estimate of drug-likeness (QED) is 0.759. The van der Waals surface area contributed by atoms with E-state index in [0.717, 1.165) is 6.54 Å². The number of hydrogen-bond acceptors (Lipinski definition) is 3. The Morgan fingerprint density at radius 2 is 2.09 bits per heavy atom. The minimum atomic E-state index is -0.104. The van der Waals surface area contributed by atoms with Gasteiger partial charge < -0.3 is 14.1 Å². The van der Waals surface area contributed by atoms with Crippen LogP contribution in [0.25, 0.3) is 0 Å². The van der Waals surface area contributed by atoms with Gasteiger partial charge in [0.05, 0.1) is 5.02 Å². The Morgan fingerprint density at radius 1 is 1.30 bits per heavy atom. The summed E-state index contributed by atoms with van der Waals surface area (Å²) in [6, 6.07) is 8.42. The average Bonchev–Trinajstić information content (AvgIpc) is 3.20. The summed E-state index contributed by atoms with van der Waals surface area (Å²) in [5.41, 5.74) is 0. The molecule has 0 N–H and O–H groups in total. The van der Waals surface area contributed by atoms with Gasteiger partial charge in [0.15, 0.2) is 5.76 Å². The van der Waals surface area contributed by atoms with Crippen LogP contribution in [0.4, 0.5) is 0 Å². The Balaban J connectivity index is 1.59. The molecule has 0 spiro atoms. The monoisotopic (exact) mass is 353 g/mol. The first-order valence-corrected chi connectivity index (χ1v) is 8.20. The van der Waals surface area contributed by atoms with Gasteiger partial charge >= 0.3 is 0 Å². The molecular weight excluding hydrogens is 337 g/mol. The van der Waals surface area contributed by atoms with Gasteiger partial charge in [0.2, 0.25) is 0 Å². The molecule has 1 heterocycles. The molecule has 1 amide bonds. The van der Waals surface area contributed by atoms with E-state index in [1.807, 2.05) is 0 Å². The van der Waals surface area contributed by atoms with E-state index >= 15 is 0 Å². The van der Waals surface area contributed by atoms with Gasteiger partial charge in [-0.05, 0) is 49.1 Å². The first-order chi connectivity index (χ1) is 11.0. The van der Waals surface area contributed by atoms with E-state index in [9.17, 15) is 4.79 Å². The van der Waals surface area contributed by atoms with E-state index in [4.69, 9.17) is 32.4 Å². The van der Waals surface area contributed by atoms with Crippen molar-refractivity contribution in [3.8, 4) is 5.75 Å². The smallest absolute Gasteiger partial charge is 0.289 e. The summed E-state index contributed by atoms with van der Waals surface area (Å²) in [4.78, 5) is 13.9. The van der Waals surface area contributed by atoms with Crippen LogP contribution < -0.4 is 4.74 Å². The van der Waals surface area contributed by atoms with Crippen molar-refractivity contribution in [1.82, 2.24) is 4.90 Å². The van der Waals surface area contributed by atoms with E-state index in [1.165, 1.54) is 12.8 Å². The highest BCUT2D eigenvalue weighted by Gasteiger charge is 2.26. The van der Waals surface area contributed by atoms with Gasteiger partial charge in [-0.3, -0.25) is 4.79 Å². The molecule has 0 bridgehead atoms. The van der Waals surface area contributed by atoms with Crippen LogP contribution in [0.15, 0.2) is 34.7 Å². The largest absolute Gasteiger partial charge is 0.484 e. The van der Waals surface area contributed by atoms with E-state index in [2.05, 4.69) is 0 Å². The molecule has 2 aromatic rings. The van der Waals surface area contributed by atoms with Crippen LogP contribution in [-0.4, -0.2) is 24.4 Å². The van der Waals surface area contributed by atoms with Crippen LogP contribution in [0, 0.1) is 5.92 Å². The number of carbonyl (C=O) groups excluding carboxylic acids is 1. The minimum Gasteiger partial charge on any atom is -0.484 e. The van der Waals surface area contributed by atoms with Gasteiger partial charge in [-0.25, -0.2) is 0 Å². The predicted molar refractivity (Wildman–Crippen MR) is 89.2 cm³/mol. The molecule has 3 rings (SSSR count). The number of nitrogens with zero attached hydrogens (tertiary/aromatic N) is 1. The van der Waals surface area contributed by atoms with E-state index in [-0.39, 0.29) is 12.5 Å². The van der Waals surface area contributed by atoms with Crippen molar-refractivity contribution in [2.75, 3.05) is 13.6 Å². The third-order valence-electron chi connectivity index (χ3n) is 3.71. The summed E-state index contributed by atoms with van der Waals surface area (Å²) in [7, 11) is 1.80. The molecule has 0 radical (unpaired) electrons. The summed E-state index contributed by atoms with van der Waals surface area (Å²) >= 11 is 11.9. The van der Waals surface area contributed by atoms with Crippen molar-refractivity contribution in [2.45, 2.75) is 19.4 Å². The zero-order valence-corrected chi connectivity index (χ0v) is 14.2. The molecule has 0 saturated heterocycles. The molecule has 1 aliphatic rings. The Hall–Kier alpha value is -1.65. The summed E-state index contributed by atoms with van der Waals surface area (Å²) in [5, 5.41) is 0.983. The number of furan rings is 1. The number of amides is 1. The van der Waals surface area contributed by atoms with Crippen LogP contribution in [0.3, 0.4) is 0 Å². The predicted octanol–water partition coefficient (Wildman–Crippen LogP) is 4.65. The Labute approximate surface area is 144 Å². The maximum Gasteiger partial charge on any atom is 0.289 e. The fraction of sp³-hybridized carbons (Fsp3) is 0.353. The molecule has 6 heteroatoms. The third kappa shape index (κ3) is 4.21. The zero-order chi connectivity index (χ0) is 16.4. The lowest BCUT2D eigenvalue weighted by Crippen LogP contribution is -2.28. The highest BCUT2D eigenvalue weighted by molar-refractivity contribution is 6.35. The van der Waals surface area contributed by atoms with Gasteiger partial charge in [-0.15, -0.1) is 0 Å². The van der Waals surface area contributed by atoms with Crippen molar-refractivity contribution in [2.24, 2.45) is 5.92 Å². The van der Waals surface area contributed by atoms with Gasteiger partial charge in [0.25, 0.3) is 5.91 Å². The highest BCUT2D eigenvalue weighted by Crippen LogP contribution is 2.30. The zero-order valence-electron chi connectivity index (χ0n) is 12.7. The molecule has 1 fully saturated rings. The van der Waals surface area contributed by atoms with Crippen molar-refractivity contribution in [1.29, 1.82) is 0 Å². The van der Waals surface area contributed by atoms with E-state index < -0.39 is 0 Å². The van der Waals surface area contributed by atoms with Crippen molar-refractivity contribution in [3.05, 3.63) is 51.9 Å². The van der Waals surface area contributed by atoms with Crippen molar-refractivity contribution >= 4 is 29.1 Å². The van der Waals surface area contributed by atoms with Gasteiger partial charge in [-0.1, -0.05) is 23.2 Å². The Morgan fingerprint density at radius 3 is 2.78 bits per heavy atom. The normalized spacial score (nSPS) is 13.9. The fourth-order valence-corrected chi connectivity index (χ4v) is 2.73. The molecule has 0 unspecified atom stereocenters. The standard InChI is InChI=1S/C17H17Cl2NO3/c1-20(9-11-2-3-11)17(21)16-7-5-13(23-16)10-22-15-6-4-12(18)8-14(15)19/h4-8,11H,2-3,9-10H2,1H3. The maximum absolute atomic E-state index is 12.2. The second-order valence-corrected chi connectivity index (χ2v) is 6.60. The first kappa shape index (κ1) is 16.2. The molecule has 0 aliphatic heterocycles. The second kappa shape index (κ2) is 6.85.